The molecule has 3 aliphatic heterocycles. The summed E-state index contributed by atoms with van der Waals surface area (Å²) in [5.41, 5.74) is 8.05. The highest BCUT2D eigenvalue weighted by molar-refractivity contribution is 5.80. The van der Waals surface area contributed by atoms with Gasteiger partial charge in [-0.3, -0.25) is 4.79 Å². The summed E-state index contributed by atoms with van der Waals surface area (Å²) in [5, 5.41) is 3.25. The average molecular weight is 182 g/mol. The minimum atomic E-state index is -0.0812. The van der Waals surface area contributed by atoms with Crippen molar-refractivity contribution in [3.63, 3.8) is 0 Å². The number of carbonyl (C=O) groups excluding carboxylic acids is 1. The van der Waals surface area contributed by atoms with Crippen molar-refractivity contribution in [3.05, 3.63) is 10.4 Å². The molecule has 0 aliphatic carbocycles. The highest BCUT2D eigenvalue weighted by atomic mass is 16.5. The summed E-state index contributed by atoms with van der Waals surface area (Å²) in [7, 11) is 0. The summed E-state index contributed by atoms with van der Waals surface area (Å²) < 4.78 is 5.22. The second kappa shape index (κ2) is 3.24. The third kappa shape index (κ3) is 1.34. The maximum Gasteiger partial charge on any atom is 0.229 e. The average Bonchev–Trinajstić information content (AvgIpc) is 2.16. The van der Waals surface area contributed by atoms with E-state index in [1.807, 2.05) is 0 Å². The molecule has 3 aliphatic rings. The first-order valence-corrected chi connectivity index (χ1v) is 4.22. The van der Waals surface area contributed by atoms with Crippen LogP contribution < -0.4 is 0 Å². The van der Waals surface area contributed by atoms with Gasteiger partial charge >= 0.3 is 0 Å². The summed E-state index contributed by atoms with van der Waals surface area (Å²) in [6.45, 7) is 1.18. The van der Waals surface area contributed by atoms with E-state index in [0.29, 0.717) is 13.2 Å². The van der Waals surface area contributed by atoms with Crippen molar-refractivity contribution in [3.8, 4) is 0 Å². The van der Waals surface area contributed by atoms with Crippen LogP contribution in [0.5, 0.6) is 0 Å². The molecule has 0 aromatic carbocycles. The van der Waals surface area contributed by atoms with Gasteiger partial charge in [0.05, 0.1) is 25.3 Å². The number of hydrogen-bond donors (Lipinski definition) is 0. The first kappa shape index (κ1) is 8.34. The van der Waals surface area contributed by atoms with Crippen LogP contribution in [0.1, 0.15) is 6.42 Å². The van der Waals surface area contributed by atoms with E-state index in [4.69, 9.17) is 10.3 Å². The van der Waals surface area contributed by atoms with Gasteiger partial charge in [0, 0.05) is 4.91 Å². The second-order valence-corrected chi connectivity index (χ2v) is 3.27. The van der Waals surface area contributed by atoms with Crippen LogP contribution in [0.4, 0.5) is 0 Å². The molecule has 3 rings (SSSR count). The van der Waals surface area contributed by atoms with Crippen molar-refractivity contribution in [2.24, 2.45) is 5.11 Å². The Morgan fingerprint density at radius 1 is 1.62 bits per heavy atom. The van der Waals surface area contributed by atoms with Gasteiger partial charge in [0.1, 0.15) is 6.54 Å². The van der Waals surface area contributed by atoms with Crippen LogP contribution in [0.25, 0.3) is 10.4 Å². The molecule has 0 radical (unpaired) electrons. The van der Waals surface area contributed by atoms with Crippen molar-refractivity contribution in [2.75, 3.05) is 19.8 Å². The highest BCUT2D eigenvalue weighted by Crippen LogP contribution is 2.30. The fourth-order valence-electron chi connectivity index (χ4n) is 1.92. The van der Waals surface area contributed by atoms with Gasteiger partial charge in [-0.05, 0) is 12.0 Å². The van der Waals surface area contributed by atoms with Crippen molar-refractivity contribution in [2.45, 2.75) is 18.5 Å². The molecular formula is C7H10N4O2. The van der Waals surface area contributed by atoms with E-state index in [1.54, 1.807) is 4.90 Å². The molecule has 0 saturated carbocycles. The third-order valence-electron chi connectivity index (χ3n) is 2.51. The Labute approximate surface area is 75.1 Å². The van der Waals surface area contributed by atoms with E-state index >= 15 is 0 Å². The number of rotatable bonds is 2. The zero-order valence-electron chi connectivity index (χ0n) is 7.09. The van der Waals surface area contributed by atoms with Crippen molar-refractivity contribution in [1.82, 2.24) is 4.90 Å². The molecule has 6 nitrogen and oxygen atoms in total. The lowest BCUT2D eigenvalue weighted by Gasteiger charge is -2.52. The van der Waals surface area contributed by atoms with Crippen molar-refractivity contribution < 1.29 is 9.53 Å². The van der Waals surface area contributed by atoms with E-state index in [0.717, 1.165) is 6.42 Å². The Bertz CT molecular complexity index is 260. The van der Waals surface area contributed by atoms with E-state index in [-0.39, 0.29) is 24.5 Å². The van der Waals surface area contributed by atoms with Crippen LogP contribution in [0.3, 0.4) is 0 Å². The van der Waals surface area contributed by atoms with Gasteiger partial charge in [0.25, 0.3) is 0 Å². The van der Waals surface area contributed by atoms with Gasteiger partial charge in [0.2, 0.25) is 5.91 Å². The predicted octanol–water partition coefficient (Wildman–Crippen LogP) is 0.296. The molecule has 3 heterocycles. The number of ether oxygens (including phenoxy) is 1. The zero-order chi connectivity index (χ0) is 9.26. The van der Waals surface area contributed by atoms with Gasteiger partial charge in [-0.25, -0.2) is 0 Å². The molecule has 13 heavy (non-hydrogen) atoms. The lowest BCUT2D eigenvalue weighted by atomic mass is 9.91. The largest absolute Gasteiger partial charge is 0.377 e. The Balaban J connectivity index is 1.94. The second-order valence-electron chi connectivity index (χ2n) is 3.27. The summed E-state index contributed by atoms with van der Waals surface area (Å²) in [6, 6.07) is 0.445. The van der Waals surface area contributed by atoms with E-state index in [1.165, 1.54) is 0 Å². The predicted molar refractivity (Wildman–Crippen MR) is 43.9 cm³/mol. The number of hydrogen-bond acceptors (Lipinski definition) is 3. The van der Waals surface area contributed by atoms with Crippen LogP contribution in [-0.2, 0) is 9.53 Å². The van der Waals surface area contributed by atoms with Gasteiger partial charge in [0.15, 0.2) is 0 Å². The highest BCUT2D eigenvalue weighted by Gasteiger charge is 2.44. The van der Waals surface area contributed by atoms with Crippen LogP contribution in [0, 0.1) is 0 Å². The van der Waals surface area contributed by atoms with E-state index in [9.17, 15) is 4.79 Å². The topological polar surface area (TPSA) is 78.3 Å². The standard InChI is InChI=1S/C7H10N4O2/c8-10-9-2-7(12)11-5-1-6(11)4-13-3-5/h5-6H,1-4H2/t5-,6-/m1/s1. The van der Waals surface area contributed by atoms with Gasteiger partial charge in [-0.15, -0.1) is 0 Å². The Kier molecular flexibility index (Phi) is 2.08. The SMILES string of the molecule is [N-]=[N+]=NCC(=O)N1[C@H]2COC[C@H]1C2. The number of azide groups is 1. The normalized spacial score (nSPS) is 30.3. The molecular weight excluding hydrogens is 172 g/mol. The molecule has 2 bridgehead atoms. The number of carbonyl (C=O) groups is 1. The maximum absolute atomic E-state index is 11.4. The minimum Gasteiger partial charge on any atom is -0.377 e. The number of morpholine rings is 1. The molecule has 3 saturated heterocycles. The monoisotopic (exact) mass is 182 g/mol. The fourth-order valence-corrected chi connectivity index (χ4v) is 1.92. The summed E-state index contributed by atoms with van der Waals surface area (Å²) >= 11 is 0. The zero-order valence-corrected chi connectivity index (χ0v) is 7.09. The van der Waals surface area contributed by atoms with Crippen molar-refractivity contribution in [1.29, 1.82) is 0 Å². The number of nitrogens with zero attached hydrogens (tertiary/aromatic N) is 4. The van der Waals surface area contributed by atoms with Crippen LogP contribution >= 0.6 is 0 Å². The first-order valence-electron chi connectivity index (χ1n) is 4.22. The molecule has 70 valence electrons. The molecule has 0 aromatic heterocycles. The molecule has 0 spiro atoms. The van der Waals surface area contributed by atoms with Crippen LogP contribution in [0.2, 0.25) is 0 Å². The van der Waals surface area contributed by atoms with E-state index in [2.05, 4.69) is 10.0 Å². The molecule has 1 amide bonds. The molecule has 0 N–H and O–H groups in total. The van der Waals surface area contributed by atoms with Gasteiger partial charge in [-0.2, -0.15) is 0 Å². The maximum atomic E-state index is 11.4. The first-order chi connectivity index (χ1) is 6.33. The fraction of sp³-hybridized carbons (Fsp3) is 0.857. The molecule has 3 fully saturated rings. The third-order valence-corrected chi connectivity index (χ3v) is 2.51. The number of fused-ring (bicyclic) bond motifs is 2. The van der Waals surface area contributed by atoms with Gasteiger partial charge < -0.3 is 9.64 Å². The van der Waals surface area contributed by atoms with Crippen LogP contribution in [0.15, 0.2) is 5.11 Å². The molecule has 6 heteroatoms. The Morgan fingerprint density at radius 2 is 2.31 bits per heavy atom. The van der Waals surface area contributed by atoms with E-state index < -0.39 is 0 Å². The summed E-state index contributed by atoms with van der Waals surface area (Å²) in [5.74, 6) is -0.0812. The smallest absolute Gasteiger partial charge is 0.229 e. The lowest BCUT2D eigenvalue weighted by molar-refractivity contribution is -0.165. The van der Waals surface area contributed by atoms with Crippen LogP contribution in [-0.4, -0.2) is 42.6 Å². The summed E-state index contributed by atoms with van der Waals surface area (Å²) in [4.78, 5) is 15.7. The Hall–Kier alpha value is -1.26. The molecule has 2 atom stereocenters. The quantitative estimate of drug-likeness (QED) is 0.349. The lowest BCUT2D eigenvalue weighted by Crippen LogP contribution is -2.66. The molecule has 0 unspecified atom stereocenters. The summed E-state index contributed by atoms with van der Waals surface area (Å²) in [6.07, 6.45) is 1.03. The molecule has 0 aromatic rings. The van der Waals surface area contributed by atoms with Gasteiger partial charge in [-0.1, -0.05) is 5.11 Å². The number of amides is 1. The van der Waals surface area contributed by atoms with Crippen molar-refractivity contribution >= 4 is 5.91 Å². The Morgan fingerprint density at radius 3 is 2.85 bits per heavy atom. The minimum absolute atomic E-state index is 0.0660.